The molecule has 2 nitrogen and oxygen atoms in total. The maximum Gasteiger partial charge on any atom is 0.135 e. The summed E-state index contributed by atoms with van der Waals surface area (Å²) in [7, 11) is 0. The van der Waals surface area contributed by atoms with E-state index in [-0.39, 0.29) is 0 Å². The first-order chi connectivity index (χ1) is 7.25. The summed E-state index contributed by atoms with van der Waals surface area (Å²) in [5, 5.41) is 0. The SMILES string of the molecule is O=C1CCN(Cc2ccccc2Br)CC1. The first-order valence-electron chi connectivity index (χ1n) is 5.23. The van der Waals surface area contributed by atoms with E-state index < -0.39 is 0 Å². The molecule has 0 spiro atoms. The molecule has 0 atom stereocenters. The summed E-state index contributed by atoms with van der Waals surface area (Å²) in [6, 6.07) is 8.26. The maximum atomic E-state index is 11.1. The highest BCUT2D eigenvalue weighted by Gasteiger charge is 2.16. The highest BCUT2D eigenvalue weighted by Crippen LogP contribution is 2.19. The molecular formula is C12H14BrNO. The van der Waals surface area contributed by atoms with Crippen molar-refractivity contribution >= 4 is 21.7 Å². The average Bonchev–Trinajstić information content (AvgIpc) is 2.25. The van der Waals surface area contributed by atoms with Crippen LogP contribution in [0.15, 0.2) is 28.7 Å². The van der Waals surface area contributed by atoms with Gasteiger partial charge in [-0.25, -0.2) is 0 Å². The molecule has 1 saturated heterocycles. The van der Waals surface area contributed by atoms with Crippen LogP contribution in [-0.4, -0.2) is 23.8 Å². The lowest BCUT2D eigenvalue weighted by Crippen LogP contribution is -2.33. The Morgan fingerprint density at radius 2 is 1.87 bits per heavy atom. The molecule has 80 valence electrons. The number of carbonyl (C=O) groups is 1. The summed E-state index contributed by atoms with van der Waals surface area (Å²) in [4.78, 5) is 13.4. The number of nitrogens with zero attached hydrogens (tertiary/aromatic N) is 1. The van der Waals surface area contributed by atoms with Crippen LogP contribution in [0.3, 0.4) is 0 Å². The molecule has 1 aliphatic heterocycles. The van der Waals surface area contributed by atoms with E-state index in [4.69, 9.17) is 0 Å². The van der Waals surface area contributed by atoms with Gasteiger partial charge < -0.3 is 0 Å². The average molecular weight is 268 g/mol. The smallest absolute Gasteiger partial charge is 0.135 e. The number of hydrogen-bond acceptors (Lipinski definition) is 2. The highest BCUT2D eigenvalue weighted by atomic mass is 79.9. The van der Waals surface area contributed by atoms with Gasteiger partial charge >= 0.3 is 0 Å². The lowest BCUT2D eigenvalue weighted by Gasteiger charge is -2.26. The van der Waals surface area contributed by atoms with Gasteiger partial charge in [0.25, 0.3) is 0 Å². The predicted octanol–water partition coefficient (Wildman–Crippen LogP) is 2.61. The van der Waals surface area contributed by atoms with Crippen molar-refractivity contribution < 1.29 is 4.79 Å². The van der Waals surface area contributed by atoms with Crippen molar-refractivity contribution in [2.75, 3.05) is 13.1 Å². The summed E-state index contributed by atoms with van der Waals surface area (Å²) in [6.07, 6.45) is 1.43. The van der Waals surface area contributed by atoms with E-state index in [1.165, 1.54) is 5.56 Å². The third-order valence-electron chi connectivity index (χ3n) is 2.77. The molecule has 3 heteroatoms. The van der Waals surface area contributed by atoms with Gasteiger partial charge in [-0.05, 0) is 11.6 Å². The van der Waals surface area contributed by atoms with Crippen LogP contribution in [0.5, 0.6) is 0 Å². The van der Waals surface area contributed by atoms with Crippen LogP contribution >= 0.6 is 15.9 Å². The second-order valence-corrected chi connectivity index (χ2v) is 4.76. The van der Waals surface area contributed by atoms with Crippen molar-refractivity contribution in [2.45, 2.75) is 19.4 Å². The number of rotatable bonds is 2. The van der Waals surface area contributed by atoms with E-state index >= 15 is 0 Å². The first-order valence-corrected chi connectivity index (χ1v) is 6.02. The zero-order valence-electron chi connectivity index (χ0n) is 8.58. The van der Waals surface area contributed by atoms with E-state index in [2.05, 4.69) is 39.0 Å². The summed E-state index contributed by atoms with van der Waals surface area (Å²) < 4.78 is 1.15. The van der Waals surface area contributed by atoms with Gasteiger partial charge in [0.2, 0.25) is 0 Å². The first kappa shape index (κ1) is 10.8. The van der Waals surface area contributed by atoms with Crippen molar-refractivity contribution in [3.05, 3.63) is 34.3 Å². The molecule has 0 amide bonds. The molecule has 1 fully saturated rings. The number of ketones is 1. The normalized spacial score (nSPS) is 18.1. The van der Waals surface area contributed by atoms with Crippen LogP contribution in [0.4, 0.5) is 0 Å². The quantitative estimate of drug-likeness (QED) is 0.821. The van der Waals surface area contributed by atoms with Crippen molar-refractivity contribution in [2.24, 2.45) is 0 Å². The largest absolute Gasteiger partial charge is 0.300 e. The Bertz CT molecular complexity index is 354. The van der Waals surface area contributed by atoms with Crippen molar-refractivity contribution in [1.82, 2.24) is 4.90 Å². The number of hydrogen-bond donors (Lipinski definition) is 0. The molecule has 0 bridgehead atoms. The molecule has 1 aromatic carbocycles. The molecule has 2 rings (SSSR count). The monoisotopic (exact) mass is 267 g/mol. The van der Waals surface area contributed by atoms with Gasteiger partial charge in [0, 0.05) is 36.9 Å². The number of piperidine rings is 1. The molecule has 1 aliphatic rings. The minimum absolute atomic E-state index is 0.401. The Hall–Kier alpha value is -0.670. The van der Waals surface area contributed by atoms with Gasteiger partial charge in [0.05, 0.1) is 0 Å². The predicted molar refractivity (Wildman–Crippen MR) is 63.7 cm³/mol. The van der Waals surface area contributed by atoms with Crippen LogP contribution in [0.25, 0.3) is 0 Å². The topological polar surface area (TPSA) is 20.3 Å². The Kier molecular flexibility index (Phi) is 3.54. The molecule has 0 aliphatic carbocycles. The van der Waals surface area contributed by atoms with E-state index in [9.17, 15) is 4.79 Å². The Labute approximate surface area is 98.4 Å². The number of benzene rings is 1. The third-order valence-corrected chi connectivity index (χ3v) is 3.54. The lowest BCUT2D eigenvalue weighted by atomic mass is 10.1. The fourth-order valence-electron chi connectivity index (χ4n) is 1.83. The van der Waals surface area contributed by atoms with Crippen LogP contribution < -0.4 is 0 Å². The maximum absolute atomic E-state index is 11.1. The van der Waals surface area contributed by atoms with Gasteiger partial charge in [-0.3, -0.25) is 9.69 Å². The van der Waals surface area contributed by atoms with Gasteiger partial charge in [0.15, 0.2) is 0 Å². The van der Waals surface area contributed by atoms with Crippen LogP contribution in [0, 0.1) is 0 Å². The zero-order chi connectivity index (χ0) is 10.7. The molecule has 1 aromatic rings. The molecule has 0 aromatic heterocycles. The molecule has 0 unspecified atom stereocenters. The van der Waals surface area contributed by atoms with Gasteiger partial charge in [-0.15, -0.1) is 0 Å². The summed E-state index contributed by atoms with van der Waals surface area (Å²) in [5.41, 5.74) is 1.30. The van der Waals surface area contributed by atoms with Crippen LogP contribution in [-0.2, 0) is 11.3 Å². The molecule has 1 heterocycles. The minimum atomic E-state index is 0.401. The van der Waals surface area contributed by atoms with Crippen molar-refractivity contribution in [3.63, 3.8) is 0 Å². The second kappa shape index (κ2) is 4.90. The van der Waals surface area contributed by atoms with Crippen molar-refractivity contribution in [1.29, 1.82) is 0 Å². The van der Waals surface area contributed by atoms with E-state index in [1.807, 2.05) is 6.07 Å². The molecule has 15 heavy (non-hydrogen) atoms. The van der Waals surface area contributed by atoms with Gasteiger partial charge in [-0.2, -0.15) is 0 Å². The fraction of sp³-hybridized carbons (Fsp3) is 0.417. The van der Waals surface area contributed by atoms with E-state index in [1.54, 1.807) is 0 Å². The highest BCUT2D eigenvalue weighted by molar-refractivity contribution is 9.10. The summed E-state index contributed by atoms with van der Waals surface area (Å²) >= 11 is 3.54. The number of halogens is 1. The minimum Gasteiger partial charge on any atom is -0.300 e. The van der Waals surface area contributed by atoms with E-state index in [0.29, 0.717) is 18.6 Å². The van der Waals surface area contributed by atoms with Crippen LogP contribution in [0.1, 0.15) is 18.4 Å². The summed E-state index contributed by atoms with van der Waals surface area (Å²) in [5.74, 6) is 0.401. The second-order valence-electron chi connectivity index (χ2n) is 3.91. The fourth-order valence-corrected chi connectivity index (χ4v) is 2.24. The van der Waals surface area contributed by atoms with Gasteiger partial charge in [-0.1, -0.05) is 34.1 Å². The number of carbonyl (C=O) groups excluding carboxylic acids is 1. The number of Topliss-reactive ketones (excluding diaryl/α,β-unsaturated/α-hetero) is 1. The Balaban J connectivity index is 1.97. The molecular weight excluding hydrogens is 254 g/mol. The van der Waals surface area contributed by atoms with Crippen LogP contribution in [0.2, 0.25) is 0 Å². The Morgan fingerprint density at radius 1 is 1.20 bits per heavy atom. The van der Waals surface area contributed by atoms with Crippen molar-refractivity contribution in [3.8, 4) is 0 Å². The number of likely N-dealkylation sites (tertiary alicyclic amines) is 1. The molecule has 0 radical (unpaired) electrons. The molecule has 0 saturated carbocycles. The van der Waals surface area contributed by atoms with E-state index in [0.717, 1.165) is 24.1 Å². The van der Waals surface area contributed by atoms with Gasteiger partial charge in [0.1, 0.15) is 5.78 Å². The third kappa shape index (κ3) is 2.89. The summed E-state index contributed by atoms with van der Waals surface area (Å²) in [6.45, 7) is 2.75. The standard InChI is InChI=1S/C12H14BrNO/c13-12-4-2-1-3-10(12)9-14-7-5-11(15)6-8-14/h1-4H,5-9H2. The molecule has 0 N–H and O–H groups in total. The Morgan fingerprint density at radius 3 is 2.53 bits per heavy atom. The zero-order valence-corrected chi connectivity index (χ0v) is 10.2. The lowest BCUT2D eigenvalue weighted by molar-refractivity contribution is -0.121.